The Bertz CT molecular complexity index is 899. The normalized spacial score (nSPS) is 16.1. The van der Waals surface area contributed by atoms with Gasteiger partial charge in [-0.15, -0.1) is 0 Å². The van der Waals surface area contributed by atoms with Crippen molar-refractivity contribution in [2.45, 2.75) is 19.9 Å². The smallest absolute Gasteiger partial charge is 0.241 e. The van der Waals surface area contributed by atoms with Gasteiger partial charge in [-0.1, -0.05) is 17.7 Å². The number of hydrogen-bond acceptors (Lipinski definition) is 4. The molecule has 0 aromatic heterocycles. The molecular formula is C22H26ClFN4O2. The second kappa shape index (κ2) is 10.0. The van der Waals surface area contributed by atoms with Crippen molar-refractivity contribution in [3.63, 3.8) is 0 Å². The van der Waals surface area contributed by atoms with Crippen LogP contribution in [0.3, 0.4) is 0 Å². The fourth-order valence-corrected chi connectivity index (χ4v) is 3.57. The minimum Gasteiger partial charge on any atom is -0.325 e. The fourth-order valence-electron chi connectivity index (χ4n) is 3.39. The van der Waals surface area contributed by atoms with E-state index in [-0.39, 0.29) is 30.2 Å². The van der Waals surface area contributed by atoms with Crippen molar-refractivity contribution in [2.24, 2.45) is 0 Å². The van der Waals surface area contributed by atoms with Crippen LogP contribution in [0.25, 0.3) is 0 Å². The van der Waals surface area contributed by atoms with Gasteiger partial charge in [0.25, 0.3) is 0 Å². The number of carbonyl (C=O) groups excluding carboxylic acids is 2. The van der Waals surface area contributed by atoms with Gasteiger partial charge in [0.2, 0.25) is 11.8 Å². The van der Waals surface area contributed by atoms with E-state index in [0.29, 0.717) is 36.9 Å². The number of hydrogen-bond donors (Lipinski definition) is 2. The van der Waals surface area contributed by atoms with Crippen LogP contribution in [0.4, 0.5) is 15.8 Å². The van der Waals surface area contributed by atoms with Crippen molar-refractivity contribution in [1.29, 1.82) is 0 Å². The molecule has 3 rings (SSSR count). The van der Waals surface area contributed by atoms with E-state index in [9.17, 15) is 14.0 Å². The molecule has 1 atom stereocenters. The minimum atomic E-state index is -0.340. The maximum Gasteiger partial charge on any atom is 0.241 e. The summed E-state index contributed by atoms with van der Waals surface area (Å²) >= 11 is 6.12. The van der Waals surface area contributed by atoms with E-state index in [1.165, 1.54) is 24.3 Å². The van der Waals surface area contributed by atoms with E-state index < -0.39 is 0 Å². The molecular weight excluding hydrogens is 407 g/mol. The first-order chi connectivity index (χ1) is 14.3. The third-order valence-electron chi connectivity index (χ3n) is 5.35. The summed E-state index contributed by atoms with van der Waals surface area (Å²) < 4.78 is 13.0. The summed E-state index contributed by atoms with van der Waals surface area (Å²) in [6, 6.07) is 10.8. The summed E-state index contributed by atoms with van der Waals surface area (Å²) in [7, 11) is 0. The van der Waals surface area contributed by atoms with Crippen molar-refractivity contribution in [1.82, 2.24) is 9.80 Å². The fraction of sp³-hybridized carbons (Fsp3) is 0.364. The number of halogens is 2. The molecule has 0 radical (unpaired) electrons. The number of nitrogens with zero attached hydrogens (tertiary/aromatic N) is 2. The Morgan fingerprint density at radius 3 is 2.40 bits per heavy atom. The standard InChI is InChI=1S/C22H26ClFN4O2/c1-15-19(23)4-3-5-20(15)26-22(30)16(2)28-12-10-27(11-13-28)14-21(29)25-18-8-6-17(24)7-9-18/h3-9,16H,10-14H2,1-2H3,(H,25,29)(H,26,30). The zero-order valence-electron chi connectivity index (χ0n) is 17.1. The summed E-state index contributed by atoms with van der Waals surface area (Å²) in [5.41, 5.74) is 2.13. The Morgan fingerprint density at radius 1 is 1.07 bits per heavy atom. The molecule has 0 spiro atoms. The predicted molar refractivity (Wildman–Crippen MR) is 117 cm³/mol. The maximum atomic E-state index is 13.0. The van der Waals surface area contributed by atoms with Gasteiger partial charge < -0.3 is 10.6 Å². The summed E-state index contributed by atoms with van der Waals surface area (Å²) in [6.07, 6.45) is 0. The highest BCUT2D eigenvalue weighted by atomic mass is 35.5. The lowest BCUT2D eigenvalue weighted by Crippen LogP contribution is -2.53. The maximum absolute atomic E-state index is 13.0. The highest BCUT2D eigenvalue weighted by Gasteiger charge is 2.26. The minimum absolute atomic E-state index is 0.0807. The van der Waals surface area contributed by atoms with Gasteiger partial charge in [-0.2, -0.15) is 0 Å². The van der Waals surface area contributed by atoms with E-state index in [1.54, 1.807) is 6.07 Å². The van der Waals surface area contributed by atoms with Gasteiger partial charge in [0, 0.05) is 42.6 Å². The molecule has 1 saturated heterocycles. The average molecular weight is 433 g/mol. The first-order valence-electron chi connectivity index (χ1n) is 9.91. The molecule has 1 aliphatic heterocycles. The number of amides is 2. The van der Waals surface area contributed by atoms with E-state index in [0.717, 1.165) is 11.3 Å². The molecule has 1 fully saturated rings. The van der Waals surface area contributed by atoms with Crippen LogP contribution in [-0.4, -0.2) is 60.4 Å². The predicted octanol–water partition coefficient (Wildman–Crippen LogP) is 3.37. The number of carbonyl (C=O) groups is 2. The molecule has 2 N–H and O–H groups in total. The number of nitrogens with one attached hydrogen (secondary N) is 2. The van der Waals surface area contributed by atoms with E-state index in [2.05, 4.69) is 15.5 Å². The van der Waals surface area contributed by atoms with Crippen LogP contribution in [0.1, 0.15) is 12.5 Å². The molecule has 30 heavy (non-hydrogen) atoms. The van der Waals surface area contributed by atoms with Crippen molar-refractivity contribution >= 4 is 34.8 Å². The second-order valence-corrected chi connectivity index (χ2v) is 7.85. The van der Waals surface area contributed by atoms with Crippen LogP contribution in [0.15, 0.2) is 42.5 Å². The number of rotatable bonds is 6. The Labute approximate surface area is 181 Å². The molecule has 1 aliphatic rings. The van der Waals surface area contributed by atoms with Crippen LogP contribution in [0, 0.1) is 12.7 Å². The van der Waals surface area contributed by atoms with Crippen molar-refractivity contribution in [3.8, 4) is 0 Å². The lowest BCUT2D eigenvalue weighted by atomic mass is 10.1. The van der Waals surface area contributed by atoms with Crippen LogP contribution < -0.4 is 10.6 Å². The summed E-state index contributed by atoms with van der Waals surface area (Å²) in [6.45, 7) is 6.76. The molecule has 0 saturated carbocycles. The molecule has 1 heterocycles. The van der Waals surface area contributed by atoms with Crippen LogP contribution in [0.2, 0.25) is 5.02 Å². The molecule has 2 amide bonds. The molecule has 0 bridgehead atoms. The van der Waals surface area contributed by atoms with E-state index in [4.69, 9.17) is 11.6 Å². The molecule has 8 heteroatoms. The molecule has 2 aromatic carbocycles. The number of piperazine rings is 1. The third-order valence-corrected chi connectivity index (χ3v) is 5.76. The lowest BCUT2D eigenvalue weighted by Gasteiger charge is -2.37. The van der Waals surface area contributed by atoms with Crippen LogP contribution in [0.5, 0.6) is 0 Å². The average Bonchev–Trinajstić information content (AvgIpc) is 2.73. The largest absolute Gasteiger partial charge is 0.325 e. The molecule has 1 unspecified atom stereocenters. The van der Waals surface area contributed by atoms with Crippen LogP contribution in [-0.2, 0) is 9.59 Å². The van der Waals surface area contributed by atoms with Crippen molar-refractivity contribution in [3.05, 3.63) is 58.9 Å². The summed E-state index contributed by atoms with van der Waals surface area (Å²) in [5.74, 6) is -0.562. The molecule has 160 valence electrons. The highest BCUT2D eigenvalue weighted by Crippen LogP contribution is 2.23. The molecule has 2 aromatic rings. The lowest BCUT2D eigenvalue weighted by molar-refractivity contribution is -0.122. The first kappa shape index (κ1) is 22.2. The van der Waals surface area contributed by atoms with E-state index >= 15 is 0 Å². The van der Waals surface area contributed by atoms with Crippen LogP contribution >= 0.6 is 11.6 Å². The highest BCUT2D eigenvalue weighted by molar-refractivity contribution is 6.31. The molecule has 6 nitrogen and oxygen atoms in total. The zero-order valence-corrected chi connectivity index (χ0v) is 17.9. The topological polar surface area (TPSA) is 64.7 Å². The Kier molecular flexibility index (Phi) is 7.42. The van der Waals surface area contributed by atoms with Crippen molar-refractivity contribution in [2.75, 3.05) is 43.4 Å². The SMILES string of the molecule is Cc1c(Cl)cccc1NC(=O)C(C)N1CCN(CC(=O)Nc2ccc(F)cc2)CC1. The third kappa shape index (κ3) is 5.78. The quantitative estimate of drug-likeness (QED) is 0.734. The molecule has 0 aliphatic carbocycles. The van der Waals surface area contributed by atoms with Gasteiger partial charge in [-0.05, 0) is 55.8 Å². The van der Waals surface area contributed by atoms with E-state index in [1.807, 2.05) is 30.9 Å². The number of anilines is 2. The first-order valence-corrected chi connectivity index (χ1v) is 10.3. The summed E-state index contributed by atoms with van der Waals surface area (Å²) in [5, 5.41) is 6.34. The van der Waals surface area contributed by atoms with Gasteiger partial charge in [0.1, 0.15) is 5.82 Å². The Balaban J connectivity index is 1.46. The van der Waals surface area contributed by atoms with Gasteiger partial charge in [0.05, 0.1) is 12.6 Å². The zero-order chi connectivity index (χ0) is 21.7. The Morgan fingerprint density at radius 2 is 1.73 bits per heavy atom. The van der Waals surface area contributed by atoms with Gasteiger partial charge in [0.15, 0.2) is 0 Å². The second-order valence-electron chi connectivity index (χ2n) is 7.44. The Hall–Kier alpha value is -2.48. The van der Waals surface area contributed by atoms with Gasteiger partial charge in [-0.25, -0.2) is 4.39 Å². The van der Waals surface area contributed by atoms with Gasteiger partial charge >= 0.3 is 0 Å². The van der Waals surface area contributed by atoms with Gasteiger partial charge in [-0.3, -0.25) is 19.4 Å². The van der Waals surface area contributed by atoms with Crippen molar-refractivity contribution < 1.29 is 14.0 Å². The monoisotopic (exact) mass is 432 g/mol. The summed E-state index contributed by atoms with van der Waals surface area (Å²) in [4.78, 5) is 29.0. The number of benzene rings is 2.